The largest absolute Gasteiger partial charge is 0.468 e. The summed E-state index contributed by atoms with van der Waals surface area (Å²) in [7, 11) is 3.37. The fourth-order valence-electron chi connectivity index (χ4n) is 2.54. The number of likely N-dealkylation sites (N-methyl/N-ethyl adjacent to an activating group) is 1. The molecule has 0 saturated heterocycles. The van der Waals surface area contributed by atoms with Crippen molar-refractivity contribution >= 4 is 5.97 Å². The van der Waals surface area contributed by atoms with Crippen molar-refractivity contribution in [1.29, 1.82) is 0 Å². The molecular weight excluding hydrogens is 226 g/mol. The van der Waals surface area contributed by atoms with Crippen LogP contribution >= 0.6 is 0 Å². The number of benzene rings is 1. The van der Waals surface area contributed by atoms with Crippen LogP contribution < -0.4 is 0 Å². The number of methoxy groups -OCH3 is 1. The molecule has 3 heteroatoms. The van der Waals surface area contributed by atoms with Crippen molar-refractivity contribution in [3.8, 4) is 0 Å². The third kappa shape index (κ3) is 3.33. The van der Waals surface area contributed by atoms with E-state index >= 15 is 0 Å². The van der Waals surface area contributed by atoms with E-state index in [0.717, 1.165) is 6.54 Å². The molecule has 0 saturated carbocycles. The van der Waals surface area contributed by atoms with Crippen LogP contribution in [-0.4, -0.2) is 31.6 Å². The highest BCUT2D eigenvalue weighted by atomic mass is 16.5. The number of rotatable bonds is 4. The van der Waals surface area contributed by atoms with E-state index < -0.39 is 0 Å². The van der Waals surface area contributed by atoms with Gasteiger partial charge in [-0.2, -0.15) is 0 Å². The highest BCUT2D eigenvalue weighted by Gasteiger charge is 2.11. The molecule has 18 heavy (non-hydrogen) atoms. The van der Waals surface area contributed by atoms with Gasteiger partial charge in [0.25, 0.3) is 0 Å². The van der Waals surface area contributed by atoms with E-state index in [1.54, 1.807) is 0 Å². The van der Waals surface area contributed by atoms with Gasteiger partial charge in [-0.1, -0.05) is 18.2 Å². The van der Waals surface area contributed by atoms with Crippen LogP contribution in [0, 0.1) is 0 Å². The van der Waals surface area contributed by atoms with Gasteiger partial charge >= 0.3 is 5.97 Å². The van der Waals surface area contributed by atoms with Crippen molar-refractivity contribution in [2.45, 2.75) is 32.2 Å². The summed E-state index contributed by atoms with van der Waals surface area (Å²) in [5.74, 6) is -0.185. The third-order valence-electron chi connectivity index (χ3n) is 3.49. The van der Waals surface area contributed by atoms with Gasteiger partial charge in [0.1, 0.15) is 0 Å². The Bertz CT molecular complexity index is 429. The maximum absolute atomic E-state index is 11.2. The van der Waals surface area contributed by atoms with Crippen LogP contribution in [-0.2, 0) is 28.9 Å². The van der Waals surface area contributed by atoms with Crippen LogP contribution in [0.3, 0.4) is 0 Å². The number of carbonyl (C=O) groups excluding carboxylic acids is 1. The summed E-state index contributed by atoms with van der Waals surface area (Å²) < 4.78 is 4.67. The molecular formula is C15H21NO2. The molecule has 0 heterocycles. The maximum Gasteiger partial charge on any atom is 0.319 e. The minimum atomic E-state index is -0.185. The second-order valence-electron chi connectivity index (χ2n) is 5.06. The summed E-state index contributed by atoms with van der Waals surface area (Å²) in [6, 6.07) is 6.72. The molecule has 1 aliphatic carbocycles. The normalized spacial score (nSPS) is 14.4. The van der Waals surface area contributed by atoms with Gasteiger partial charge in [-0.3, -0.25) is 9.69 Å². The van der Waals surface area contributed by atoms with Crippen LogP contribution in [0.2, 0.25) is 0 Å². The summed E-state index contributed by atoms with van der Waals surface area (Å²) in [6.45, 7) is 1.13. The zero-order valence-electron chi connectivity index (χ0n) is 11.2. The van der Waals surface area contributed by atoms with Crippen LogP contribution in [0.5, 0.6) is 0 Å². The molecule has 0 radical (unpaired) electrons. The first-order valence-corrected chi connectivity index (χ1v) is 6.55. The van der Waals surface area contributed by atoms with Gasteiger partial charge in [0.05, 0.1) is 13.7 Å². The molecule has 0 atom stereocenters. The van der Waals surface area contributed by atoms with Gasteiger partial charge in [0.2, 0.25) is 0 Å². The van der Waals surface area contributed by atoms with E-state index in [0.29, 0.717) is 6.54 Å². The number of fused-ring (bicyclic) bond motifs is 1. The fraction of sp³-hybridized carbons (Fsp3) is 0.533. The summed E-state index contributed by atoms with van der Waals surface area (Å²) >= 11 is 0. The Morgan fingerprint density at radius 2 is 2.00 bits per heavy atom. The second kappa shape index (κ2) is 6.01. The number of hydrogen-bond acceptors (Lipinski definition) is 3. The Balaban J connectivity index is 1.99. The van der Waals surface area contributed by atoms with Gasteiger partial charge in [0.15, 0.2) is 0 Å². The predicted molar refractivity (Wildman–Crippen MR) is 71.4 cm³/mol. The predicted octanol–water partition coefficient (Wildman–Crippen LogP) is 2.17. The summed E-state index contributed by atoms with van der Waals surface area (Å²) in [5.41, 5.74) is 4.27. The third-order valence-corrected chi connectivity index (χ3v) is 3.49. The number of aryl methyl sites for hydroxylation is 2. The Morgan fingerprint density at radius 3 is 2.72 bits per heavy atom. The van der Waals surface area contributed by atoms with Crippen LogP contribution in [0.15, 0.2) is 18.2 Å². The smallest absolute Gasteiger partial charge is 0.319 e. The minimum absolute atomic E-state index is 0.185. The number of hydrogen-bond donors (Lipinski definition) is 0. The number of carbonyl (C=O) groups is 1. The summed E-state index contributed by atoms with van der Waals surface area (Å²) in [6.07, 6.45) is 5.03. The Labute approximate surface area is 109 Å². The van der Waals surface area contributed by atoms with E-state index in [2.05, 4.69) is 22.9 Å². The zero-order valence-corrected chi connectivity index (χ0v) is 11.2. The first-order chi connectivity index (χ1) is 8.69. The molecule has 0 unspecified atom stereocenters. The van der Waals surface area contributed by atoms with Crippen molar-refractivity contribution in [3.63, 3.8) is 0 Å². The van der Waals surface area contributed by atoms with Crippen molar-refractivity contribution in [2.75, 3.05) is 20.7 Å². The molecule has 0 aromatic heterocycles. The SMILES string of the molecule is COC(=O)CN(C)Cc1ccc2c(c1)CCCC2. The molecule has 0 amide bonds. The lowest BCUT2D eigenvalue weighted by Crippen LogP contribution is -2.26. The Hall–Kier alpha value is -1.35. The molecule has 98 valence electrons. The Kier molecular flexibility index (Phi) is 4.37. The van der Waals surface area contributed by atoms with E-state index in [4.69, 9.17) is 0 Å². The van der Waals surface area contributed by atoms with Gasteiger partial charge in [-0.15, -0.1) is 0 Å². The first-order valence-electron chi connectivity index (χ1n) is 6.55. The highest BCUT2D eigenvalue weighted by molar-refractivity contribution is 5.71. The maximum atomic E-state index is 11.2. The highest BCUT2D eigenvalue weighted by Crippen LogP contribution is 2.22. The molecule has 1 aliphatic rings. The molecule has 1 aromatic carbocycles. The molecule has 0 aliphatic heterocycles. The lowest BCUT2D eigenvalue weighted by Gasteiger charge is -2.19. The minimum Gasteiger partial charge on any atom is -0.468 e. The standard InChI is InChI=1S/C15H21NO2/c1-16(11-15(17)18-2)10-12-7-8-13-5-3-4-6-14(13)9-12/h7-9H,3-6,10-11H2,1-2H3. The van der Waals surface area contributed by atoms with Crippen molar-refractivity contribution in [1.82, 2.24) is 4.90 Å². The van der Waals surface area contributed by atoms with Crippen molar-refractivity contribution in [3.05, 3.63) is 34.9 Å². The van der Waals surface area contributed by atoms with E-state index in [-0.39, 0.29) is 5.97 Å². The van der Waals surface area contributed by atoms with Gasteiger partial charge in [0, 0.05) is 6.54 Å². The number of ether oxygens (including phenoxy) is 1. The molecule has 0 N–H and O–H groups in total. The number of nitrogens with zero attached hydrogens (tertiary/aromatic N) is 1. The average Bonchev–Trinajstić information content (AvgIpc) is 2.38. The second-order valence-corrected chi connectivity index (χ2v) is 5.06. The van der Waals surface area contributed by atoms with Gasteiger partial charge < -0.3 is 4.74 Å². The lowest BCUT2D eigenvalue weighted by molar-refractivity contribution is -0.141. The van der Waals surface area contributed by atoms with E-state index in [1.807, 2.05) is 11.9 Å². The van der Waals surface area contributed by atoms with Crippen LogP contribution in [0.1, 0.15) is 29.5 Å². The van der Waals surface area contributed by atoms with Crippen molar-refractivity contribution in [2.24, 2.45) is 0 Å². The lowest BCUT2D eigenvalue weighted by atomic mass is 9.90. The molecule has 2 rings (SSSR count). The van der Waals surface area contributed by atoms with E-state index in [9.17, 15) is 4.79 Å². The van der Waals surface area contributed by atoms with E-state index in [1.165, 1.54) is 49.5 Å². The summed E-state index contributed by atoms with van der Waals surface area (Å²) in [4.78, 5) is 13.2. The van der Waals surface area contributed by atoms with Gasteiger partial charge in [-0.05, 0) is 49.4 Å². The molecule has 0 fully saturated rings. The molecule has 0 bridgehead atoms. The molecule has 3 nitrogen and oxygen atoms in total. The monoisotopic (exact) mass is 247 g/mol. The van der Waals surface area contributed by atoms with Crippen molar-refractivity contribution < 1.29 is 9.53 Å². The zero-order chi connectivity index (χ0) is 13.0. The molecule has 0 spiro atoms. The fourth-order valence-corrected chi connectivity index (χ4v) is 2.54. The Morgan fingerprint density at radius 1 is 1.28 bits per heavy atom. The van der Waals surface area contributed by atoms with Gasteiger partial charge in [-0.25, -0.2) is 0 Å². The van der Waals surface area contributed by atoms with Crippen LogP contribution in [0.25, 0.3) is 0 Å². The summed E-state index contributed by atoms with van der Waals surface area (Å²) in [5, 5.41) is 0. The topological polar surface area (TPSA) is 29.5 Å². The quantitative estimate of drug-likeness (QED) is 0.764. The average molecular weight is 247 g/mol. The number of esters is 1. The molecule has 1 aromatic rings. The van der Waals surface area contributed by atoms with Crippen LogP contribution in [0.4, 0.5) is 0 Å². The first kappa shape index (κ1) is 13.1.